The second kappa shape index (κ2) is 6.45. The third kappa shape index (κ3) is 3.41. The maximum absolute atomic E-state index is 13.2. The van der Waals surface area contributed by atoms with Gasteiger partial charge in [-0.15, -0.1) is 5.10 Å². The molecular weight excluding hydrogens is 321 g/mol. The van der Waals surface area contributed by atoms with Crippen LogP contribution in [0.1, 0.15) is 5.56 Å². The van der Waals surface area contributed by atoms with Gasteiger partial charge in [0.05, 0.1) is 18.8 Å². The average Bonchev–Trinajstić information content (AvgIpc) is 3.23. The predicted octanol–water partition coefficient (Wildman–Crippen LogP) is 2.56. The van der Waals surface area contributed by atoms with E-state index in [0.717, 1.165) is 22.2 Å². The molecule has 1 unspecified atom stereocenters. The van der Waals surface area contributed by atoms with Gasteiger partial charge in [0, 0.05) is 29.8 Å². The fourth-order valence-corrected chi connectivity index (χ4v) is 2.82. The molecule has 2 N–H and O–H groups in total. The van der Waals surface area contributed by atoms with E-state index in [9.17, 15) is 9.50 Å². The number of aromatic amines is 1. The van der Waals surface area contributed by atoms with Crippen LogP contribution < -0.4 is 0 Å². The number of aromatic nitrogens is 5. The number of fused-ring (bicyclic) bond motifs is 1. The first-order valence-electron chi connectivity index (χ1n) is 7.93. The molecule has 0 bridgehead atoms. The lowest BCUT2D eigenvalue weighted by Gasteiger charge is -2.10. The highest BCUT2D eigenvalue weighted by Crippen LogP contribution is 2.20. The lowest BCUT2D eigenvalue weighted by atomic mass is 10.1. The summed E-state index contributed by atoms with van der Waals surface area (Å²) in [6.07, 6.45) is 5.01. The molecule has 0 saturated carbocycles. The van der Waals surface area contributed by atoms with Gasteiger partial charge in [-0.3, -0.25) is 0 Å². The van der Waals surface area contributed by atoms with E-state index in [2.05, 4.69) is 20.3 Å². The van der Waals surface area contributed by atoms with Gasteiger partial charge in [0.25, 0.3) is 0 Å². The number of benzene rings is 1. The Balaban J connectivity index is 1.47. The summed E-state index contributed by atoms with van der Waals surface area (Å²) in [7, 11) is 0. The molecule has 6 nitrogen and oxygen atoms in total. The molecule has 126 valence electrons. The smallest absolute Gasteiger partial charge is 0.137 e. The van der Waals surface area contributed by atoms with Gasteiger partial charge < -0.3 is 10.1 Å². The summed E-state index contributed by atoms with van der Waals surface area (Å²) in [6, 6.07) is 10.2. The zero-order valence-corrected chi connectivity index (χ0v) is 13.3. The molecule has 0 saturated heterocycles. The second-order valence-electron chi connectivity index (χ2n) is 5.95. The number of nitrogens with zero attached hydrogens (tertiary/aromatic N) is 4. The second-order valence-corrected chi connectivity index (χ2v) is 5.95. The molecule has 1 aromatic carbocycles. The van der Waals surface area contributed by atoms with E-state index in [4.69, 9.17) is 0 Å². The van der Waals surface area contributed by atoms with Crippen molar-refractivity contribution in [3.8, 4) is 11.3 Å². The molecular formula is C18H16FN5O. The SMILES string of the molecule is OC(Cc1cccc(F)c1)Cn1cc(-c2cnc3[nH]ccc3c2)nn1. The summed E-state index contributed by atoms with van der Waals surface area (Å²) in [5, 5.41) is 19.4. The van der Waals surface area contributed by atoms with Crippen molar-refractivity contribution in [2.24, 2.45) is 0 Å². The maximum Gasteiger partial charge on any atom is 0.137 e. The molecule has 0 aliphatic heterocycles. The molecule has 1 atom stereocenters. The molecule has 3 aromatic heterocycles. The number of hydrogen-bond acceptors (Lipinski definition) is 4. The lowest BCUT2D eigenvalue weighted by molar-refractivity contribution is 0.148. The van der Waals surface area contributed by atoms with Gasteiger partial charge in [0.15, 0.2) is 0 Å². The zero-order chi connectivity index (χ0) is 17.2. The van der Waals surface area contributed by atoms with Crippen LogP contribution in [0.5, 0.6) is 0 Å². The minimum Gasteiger partial charge on any atom is -0.391 e. The Bertz CT molecular complexity index is 1010. The van der Waals surface area contributed by atoms with Crippen LogP contribution in [-0.4, -0.2) is 36.2 Å². The van der Waals surface area contributed by atoms with Crippen LogP contribution in [0, 0.1) is 5.82 Å². The van der Waals surface area contributed by atoms with Gasteiger partial charge in [-0.2, -0.15) is 0 Å². The van der Waals surface area contributed by atoms with Crippen molar-refractivity contribution in [3.63, 3.8) is 0 Å². The monoisotopic (exact) mass is 337 g/mol. The highest BCUT2D eigenvalue weighted by molar-refractivity contribution is 5.80. The zero-order valence-electron chi connectivity index (χ0n) is 13.3. The number of pyridine rings is 1. The third-order valence-corrected chi connectivity index (χ3v) is 3.99. The molecule has 0 radical (unpaired) electrons. The Morgan fingerprint density at radius 2 is 2.16 bits per heavy atom. The number of nitrogens with one attached hydrogen (secondary N) is 1. The topological polar surface area (TPSA) is 79.6 Å². The third-order valence-electron chi connectivity index (χ3n) is 3.99. The van der Waals surface area contributed by atoms with Crippen LogP contribution in [0.15, 0.2) is 55.0 Å². The molecule has 7 heteroatoms. The molecule has 4 aromatic rings. The van der Waals surface area contributed by atoms with Crippen molar-refractivity contribution in [1.82, 2.24) is 25.0 Å². The number of H-pyrrole nitrogens is 1. The lowest BCUT2D eigenvalue weighted by Crippen LogP contribution is -2.19. The van der Waals surface area contributed by atoms with E-state index in [1.54, 1.807) is 29.2 Å². The number of hydrogen-bond donors (Lipinski definition) is 2. The van der Waals surface area contributed by atoms with Gasteiger partial charge in [-0.25, -0.2) is 14.1 Å². The molecule has 0 spiro atoms. The summed E-state index contributed by atoms with van der Waals surface area (Å²) < 4.78 is 14.8. The van der Waals surface area contributed by atoms with E-state index in [1.165, 1.54) is 12.1 Å². The summed E-state index contributed by atoms with van der Waals surface area (Å²) in [5.74, 6) is -0.305. The van der Waals surface area contributed by atoms with Crippen molar-refractivity contribution < 1.29 is 9.50 Å². The van der Waals surface area contributed by atoms with Crippen LogP contribution in [-0.2, 0) is 13.0 Å². The molecule has 0 fully saturated rings. The van der Waals surface area contributed by atoms with E-state index in [0.29, 0.717) is 12.1 Å². The first kappa shape index (κ1) is 15.5. The van der Waals surface area contributed by atoms with Gasteiger partial charge in [0.2, 0.25) is 0 Å². The highest BCUT2D eigenvalue weighted by Gasteiger charge is 2.11. The van der Waals surface area contributed by atoms with Gasteiger partial charge in [-0.1, -0.05) is 17.3 Å². The Morgan fingerprint density at radius 3 is 3.04 bits per heavy atom. The summed E-state index contributed by atoms with van der Waals surface area (Å²) in [4.78, 5) is 7.38. The van der Waals surface area contributed by atoms with Crippen molar-refractivity contribution >= 4 is 11.0 Å². The summed E-state index contributed by atoms with van der Waals surface area (Å²) >= 11 is 0. The molecule has 0 aliphatic rings. The van der Waals surface area contributed by atoms with Crippen LogP contribution in [0.2, 0.25) is 0 Å². The number of rotatable bonds is 5. The van der Waals surface area contributed by atoms with Crippen LogP contribution in [0.3, 0.4) is 0 Å². The largest absolute Gasteiger partial charge is 0.391 e. The molecule has 3 heterocycles. The molecule has 0 aliphatic carbocycles. The Kier molecular flexibility index (Phi) is 3.99. The molecule has 4 rings (SSSR count). The standard InChI is InChI=1S/C18H16FN5O/c19-15-3-1-2-12(6-15)7-16(25)10-24-11-17(22-23-24)14-8-13-4-5-20-18(13)21-9-14/h1-6,8-9,11,16,25H,7,10H2,(H,20,21). The van der Waals surface area contributed by atoms with E-state index < -0.39 is 6.10 Å². The quantitative estimate of drug-likeness (QED) is 0.586. The summed E-state index contributed by atoms with van der Waals surface area (Å²) in [5.41, 5.74) is 3.11. The van der Waals surface area contributed by atoms with E-state index in [-0.39, 0.29) is 12.4 Å². The van der Waals surface area contributed by atoms with Gasteiger partial charge in [0.1, 0.15) is 17.2 Å². The van der Waals surface area contributed by atoms with Gasteiger partial charge in [-0.05, 0) is 29.8 Å². The fraction of sp³-hybridized carbons (Fsp3) is 0.167. The number of halogens is 1. The highest BCUT2D eigenvalue weighted by atomic mass is 19.1. The van der Waals surface area contributed by atoms with E-state index in [1.807, 2.05) is 18.3 Å². The number of aliphatic hydroxyl groups is 1. The first-order chi connectivity index (χ1) is 12.2. The van der Waals surface area contributed by atoms with Crippen molar-refractivity contribution in [3.05, 3.63) is 66.4 Å². The first-order valence-corrected chi connectivity index (χ1v) is 7.93. The fourth-order valence-electron chi connectivity index (χ4n) is 2.82. The minimum atomic E-state index is -0.679. The van der Waals surface area contributed by atoms with Crippen molar-refractivity contribution in [1.29, 1.82) is 0 Å². The Labute approximate surface area is 143 Å². The Morgan fingerprint density at radius 1 is 1.24 bits per heavy atom. The van der Waals surface area contributed by atoms with Crippen molar-refractivity contribution in [2.75, 3.05) is 0 Å². The predicted molar refractivity (Wildman–Crippen MR) is 91.2 cm³/mol. The maximum atomic E-state index is 13.2. The van der Waals surface area contributed by atoms with Crippen LogP contribution in [0.4, 0.5) is 4.39 Å². The van der Waals surface area contributed by atoms with Crippen LogP contribution >= 0.6 is 0 Å². The van der Waals surface area contributed by atoms with Crippen molar-refractivity contribution in [2.45, 2.75) is 19.1 Å². The Hall–Kier alpha value is -3.06. The molecule has 0 amide bonds. The van der Waals surface area contributed by atoms with E-state index >= 15 is 0 Å². The number of aliphatic hydroxyl groups excluding tert-OH is 1. The average molecular weight is 337 g/mol. The van der Waals surface area contributed by atoms with Gasteiger partial charge >= 0.3 is 0 Å². The normalized spacial score (nSPS) is 12.6. The molecule has 25 heavy (non-hydrogen) atoms. The van der Waals surface area contributed by atoms with Crippen LogP contribution in [0.25, 0.3) is 22.3 Å². The summed E-state index contributed by atoms with van der Waals surface area (Å²) in [6.45, 7) is 0.281. The minimum absolute atomic E-state index is 0.281.